The van der Waals surface area contributed by atoms with Crippen LogP contribution in [0.25, 0.3) is 0 Å². The first kappa shape index (κ1) is 7.34. The maximum atomic E-state index is 10.9. The van der Waals surface area contributed by atoms with Crippen molar-refractivity contribution < 1.29 is 9.72 Å². The molecule has 0 saturated carbocycles. The summed E-state index contributed by atoms with van der Waals surface area (Å²) < 4.78 is 0. The molecule has 0 saturated heterocycles. The Morgan fingerprint density at radius 2 is 1.92 bits per heavy atom. The van der Waals surface area contributed by atoms with Gasteiger partial charge >= 0.3 is 11.7 Å². The van der Waals surface area contributed by atoms with Crippen molar-refractivity contribution in [3.8, 4) is 0 Å². The summed E-state index contributed by atoms with van der Waals surface area (Å²) in [6.45, 7) is 0. The van der Waals surface area contributed by atoms with E-state index in [-0.39, 0.29) is 11.4 Å². The summed E-state index contributed by atoms with van der Waals surface area (Å²) in [7, 11) is 0. The average Bonchev–Trinajstić information content (AvgIpc) is 2.48. The Morgan fingerprint density at radius 1 is 1.15 bits per heavy atom. The van der Waals surface area contributed by atoms with E-state index in [9.17, 15) is 14.9 Å². The molecule has 2 aliphatic rings. The first-order valence-electron chi connectivity index (χ1n) is 3.04. The highest BCUT2D eigenvalue weighted by Gasteiger charge is 2.39. The topological polar surface area (TPSA) is 122 Å². The van der Waals surface area contributed by atoms with Gasteiger partial charge in [0, 0.05) is 0 Å². The van der Waals surface area contributed by atoms with Crippen LogP contribution in [-0.2, 0) is 4.79 Å². The molecular weight excluding hydrogens is 180 g/mol. The third-order valence-corrected chi connectivity index (χ3v) is 1.34. The number of carbonyl (C=O) groups excluding carboxylic acids is 1. The average molecular weight is 180 g/mol. The highest BCUT2D eigenvalue weighted by Crippen LogP contribution is 2.07. The van der Waals surface area contributed by atoms with Gasteiger partial charge in [-0.1, -0.05) is 5.11 Å². The predicted octanol–water partition coefficient (Wildman–Crippen LogP) is -0.620. The minimum atomic E-state index is -0.788. The molecular formula is C4N6O3. The quantitative estimate of drug-likeness (QED) is 0.364. The molecule has 9 heteroatoms. The largest absolute Gasteiger partial charge is 0.420 e. The minimum Gasteiger partial charge on any atom is -0.358 e. The van der Waals surface area contributed by atoms with Crippen LogP contribution in [0.4, 0.5) is 0 Å². The number of nitro groups is 1. The third kappa shape index (κ3) is 0.937. The van der Waals surface area contributed by atoms with Crippen LogP contribution < -0.4 is 0 Å². The normalized spacial score (nSPS) is 19.1. The number of fused-ring (bicyclic) bond motifs is 1. The summed E-state index contributed by atoms with van der Waals surface area (Å²) in [6, 6.07) is 0. The molecule has 0 spiro atoms. The molecule has 13 heavy (non-hydrogen) atoms. The van der Waals surface area contributed by atoms with E-state index in [0.717, 1.165) is 0 Å². The number of hydrogen-bond acceptors (Lipinski definition) is 7. The van der Waals surface area contributed by atoms with Crippen molar-refractivity contribution in [2.24, 2.45) is 25.6 Å². The molecule has 0 fully saturated rings. The Morgan fingerprint density at radius 3 is 2.62 bits per heavy atom. The fraction of sp³-hybridized carbons (Fsp3) is 0. The van der Waals surface area contributed by atoms with Crippen molar-refractivity contribution in [1.29, 1.82) is 0 Å². The van der Waals surface area contributed by atoms with Crippen molar-refractivity contribution in [3.05, 3.63) is 10.1 Å². The molecule has 0 bridgehead atoms. The minimum absolute atomic E-state index is 0.231. The molecule has 64 valence electrons. The van der Waals surface area contributed by atoms with Crippen LogP contribution in [0, 0.1) is 10.1 Å². The molecule has 0 aromatic carbocycles. The van der Waals surface area contributed by atoms with E-state index in [1.807, 2.05) is 0 Å². The smallest absolute Gasteiger partial charge is 0.358 e. The van der Waals surface area contributed by atoms with Gasteiger partial charge in [0.05, 0.1) is 5.10 Å². The molecule has 1 amide bonds. The van der Waals surface area contributed by atoms with E-state index in [4.69, 9.17) is 0 Å². The van der Waals surface area contributed by atoms with Gasteiger partial charge in [0.2, 0.25) is 11.4 Å². The van der Waals surface area contributed by atoms with Gasteiger partial charge in [-0.25, -0.2) is 0 Å². The second kappa shape index (κ2) is 2.33. The van der Waals surface area contributed by atoms with Crippen LogP contribution in [0.5, 0.6) is 0 Å². The van der Waals surface area contributed by atoms with Gasteiger partial charge in [-0.05, 0) is 15.2 Å². The lowest BCUT2D eigenvalue weighted by atomic mass is 10.2. The lowest BCUT2D eigenvalue weighted by molar-refractivity contribution is -0.345. The second-order valence-corrected chi connectivity index (χ2v) is 2.07. The van der Waals surface area contributed by atoms with E-state index < -0.39 is 16.7 Å². The molecule has 0 aliphatic carbocycles. The molecule has 0 aromatic rings. The first-order valence-corrected chi connectivity index (χ1v) is 3.04. The van der Waals surface area contributed by atoms with Crippen LogP contribution in [0.15, 0.2) is 25.6 Å². The maximum absolute atomic E-state index is 10.9. The maximum Gasteiger partial charge on any atom is 0.420 e. The van der Waals surface area contributed by atoms with Crippen molar-refractivity contribution >= 4 is 23.2 Å². The van der Waals surface area contributed by atoms with E-state index >= 15 is 0 Å². The van der Waals surface area contributed by atoms with E-state index in [2.05, 4.69) is 25.6 Å². The number of amides is 1. The van der Waals surface area contributed by atoms with Gasteiger partial charge in [0.15, 0.2) is 0 Å². The Labute approximate surface area is 69.7 Å². The molecule has 0 N–H and O–H groups in total. The predicted molar refractivity (Wildman–Crippen MR) is 39.2 cm³/mol. The van der Waals surface area contributed by atoms with Crippen molar-refractivity contribution in [1.82, 2.24) is 0 Å². The summed E-state index contributed by atoms with van der Waals surface area (Å²) in [5.74, 6) is -1.35. The van der Waals surface area contributed by atoms with Crippen LogP contribution >= 0.6 is 0 Å². The van der Waals surface area contributed by atoms with Crippen LogP contribution in [-0.4, -0.2) is 28.1 Å². The summed E-state index contributed by atoms with van der Waals surface area (Å²) >= 11 is 0. The molecule has 0 aromatic heterocycles. The van der Waals surface area contributed by atoms with Gasteiger partial charge in [-0.3, -0.25) is 4.79 Å². The highest BCUT2D eigenvalue weighted by atomic mass is 16.6. The third-order valence-electron chi connectivity index (χ3n) is 1.34. The molecule has 2 aliphatic heterocycles. The fourth-order valence-electron chi connectivity index (χ4n) is 0.812. The Bertz CT molecular complexity index is 429. The van der Waals surface area contributed by atoms with E-state index in [0.29, 0.717) is 0 Å². The summed E-state index contributed by atoms with van der Waals surface area (Å²) in [4.78, 5) is 20.4. The van der Waals surface area contributed by atoms with Crippen LogP contribution in [0.1, 0.15) is 0 Å². The highest BCUT2D eigenvalue weighted by molar-refractivity contribution is 6.82. The van der Waals surface area contributed by atoms with Crippen LogP contribution in [0.3, 0.4) is 0 Å². The van der Waals surface area contributed by atoms with Gasteiger partial charge in [-0.2, -0.15) is 0 Å². The van der Waals surface area contributed by atoms with E-state index in [1.165, 1.54) is 0 Å². The van der Waals surface area contributed by atoms with Crippen molar-refractivity contribution in [2.75, 3.05) is 0 Å². The molecule has 2 heterocycles. The Balaban J connectivity index is 2.47. The van der Waals surface area contributed by atoms with Crippen molar-refractivity contribution in [3.63, 3.8) is 0 Å². The monoisotopic (exact) mass is 180 g/mol. The number of hydrogen-bond donors (Lipinski definition) is 0. The van der Waals surface area contributed by atoms with Gasteiger partial charge < -0.3 is 10.1 Å². The van der Waals surface area contributed by atoms with Gasteiger partial charge in [0.25, 0.3) is 0 Å². The molecule has 0 unspecified atom stereocenters. The first-order chi connectivity index (χ1) is 6.20. The number of amidine groups is 1. The molecule has 2 rings (SSSR count). The number of rotatable bonds is 0. The summed E-state index contributed by atoms with van der Waals surface area (Å²) in [5, 5.41) is 26.1. The lowest BCUT2D eigenvalue weighted by Gasteiger charge is -1.96. The molecule has 0 atom stereocenters. The number of nitrogens with zero attached hydrogens (tertiary/aromatic N) is 6. The summed E-state index contributed by atoms with van der Waals surface area (Å²) in [6.07, 6.45) is 0. The van der Waals surface area contributed by atoms with E-state index in [1.54, 1.807) is 0 Å². The zero-order chi connectivity index (χ0) is 9.42. The standard InChI is InChI=1S/C4N6O3/c11-4-2-1(6-9-8-4)3(7-5-2)10(12)13. The summed E-state index contributed by atoms with van der Waals surface area (Å²) in [5.41, 5.74) is -0.466. The van der Waals surface area contributed by atoms with Gasteiger partial charge in [0.1, 0.15) is 0 Å². The number of carbonyl (C=O) groups is 1. The zero-order valence-electron chi connectivity index (χ0n) is 5.91. The second-order valence-electron chi connectivity index (χ2n) is 2.07. The molecule has 0 radical (unpaired) electrons. The van der Waals surface area contributed by atoms with Crippen molar-refractivity contribution in [2.45, 2.75) is 0 Å². The van der Waals surface area contributed by atoms with Crippen LogP contribution in [0.2, 0.25) is 0 Å². The Kier molecular flexibility index (Phi) is 1.32. The molecule has 9 nitrogen and oxygen atoms in total. The fourth-order valence-corrected chi connectivity index (χ4v) is 0.812. The SMILES string of the molecule is O=C1N=NN=C2C1=NN=C2[N+](=O)[O-]. The Hall–Kier alpha value is -2.32. The lowest BCUT2D eigenvalue weighted by Crippen LogP contribution is -2.31. The van der Waals surface area contributed by atoms with Gasteiger partial charge in [-0.15, -0.1) is 5.10 Å². The zero-order valence-corrected chi connectivity index (χ0v) is 5.91.